The highest BCUT2D eigenvalue weighted by Crippen LogP contribution is 2.32. The van der Waals surface area contributed by atoms with E-state index >= 15 is 0 Å². The zero-order valence-corrected chi connectivity index (χ0v) is 18.3. The number of nitrogens with zero attached hydrogens (tertiary/aromatic N) is 3. The van der Waals surface area contributed by atoms with Crippen LogP contribution in [0.5, 0.6) is 17.2 Å². The molecule has 0 aliphatic carbocycles. The van der Waals surface area contributed by atoms with Crippen LogP contribution in [0.4, 0.5) is 0 Å². The first-order valence-corrected chi connectivity index (χ1v) is 11.0. The van der Waals surface area contributed by atoms with Gasteiger partial charge in [0, 0.05) is 10.9 Å². The molecule has 0 spiro atoms. The van der Waals surface area contributed by atoms with E-state index in [0.717, 1.165) is 44.4 Å². The van der Waals surface area contributed by atoms with Gasteiger partial charge in [0.25, 0.3) is 0 Å². The molecule has 6 nitrogen and oxygen atoms in total. The van der Waals surface area contributed by atoms with E-state index in [4.69, 9.17) is 24.3 Å². The van der Waals surface area contributed by atoms with Crippen LogP contribution in [0.2, 0.25) is 0 Å². The van der Waals surface area contributed by atoms with Crippen molar-refractivity contribution in [3.63, 3.8) is 0 Å². The van der Waals surface area contributed by atoms with Crippen LogP contribution in [0.1, 0.15) is 11.1 Å². The molecule has 5 rings (SSSR count). The van der Waals surface area contributed by atoms with E-state index in [-0.39, 0.29) is 6.79 Å². The molecule has 0 atom stereocenters. The van der Waals surface area contributed by atoms with Gasteiger partial charge in [-0.3, -0.25) is 4.99 Å². The number of benzene rings is 3. The van der Waals surface area contributed by atoms with Gasteiger partial charge in [0.05, 0.1) is 25.6 Å². The Balaban J connectivity index is 1.57. The third kappa shape index (κ3) is 4.15. The van der Waals surface area contributed by atoms with E-state index in [1.165, 1.54) is 0 Å². The van der Waals surface area contributed by atoms with Crippen molar-refractivity contribution in [1.29, 1.82) is 0 Å². The van der Waals surface area contributed by atoms with Crippen LogP contribution in [0.15, 0.2) is 88.3 Å². The Morgan fingerprint density at radius 2 is 1.81 bits per heavy atom. The van der Waals surface area contributed by atoms with E-state index in [1.807, 2.05) is 65.3 Å². The maximum atomic E-state index is 5.58. The molecule has 160 valence electrons. The summed E-state index contributed by atoms with van der Waals surface area (Å²) < 4.78 is 18.3. The van der Waals surface area contributed by atoms with E-state index in [0.29, 0.717) is 6.54 Å². The largest absolute Gasteiger partial charge is 0.496 e. The van der Waals surface area contributed by atoms with Gasteiger partial charge in [-0.15, -0.1) is 11.3 Å². The van der Waals surface area contributed by atoms with Crippen molar-refractivity contribution in [2.45, 2.75) is 6.54 Å². The van der Waals surface area contributed by atoms with Gasteiger partial charge in [-0.2, -0.15) is 5.10 Å². The molecule has 3 aromatic carbocycles. The lowest BCUT2D eigenvalue weighted by Crippen LogP contribution is -2.12. The van der Waals surface area contributed by atoms with Crippen molar-refractivity contribution in [2.24, 2.45) is 10.1 Å². The quantitative estimate of drug-likeness (QED) is 0.397. The molecule has 0 unspecified atom stereocenters. The van der Waals surface area contributed by atoms with Crippen LogP contribution in [0.25, 0.3) is 11.3 Å². The molecule has 0 fully saturated rings. The van der Waals surface area contributed by atoms with Gasteiger partial charge in [-0.05, 0) is 41.5 Å². The van der Waals surface area contributed by atoms with Crippen molar-refractivity contribution in [1.82, 2.24) is 4.68 Å². The molecule has 0 radical (unpaired) electrons. The van der Waals surface area contributed by atoms with Crippen LogP contribution >= 0.6 is 11.3 Å². The predicted molar refractivity (Wildman–Crippen MR) is 126 cm³/mol. The molecule has 0 bridgehead atoms. The van der Waals surface area contributed by atoms with Gasteiger partial charge in [-0.25, -0.2) is 4.68 Å². The van der Waals surface area contributed by atoms with Gasteiger partial charge in [-0.1, -0.05) is 42.5 Å². The minimum Gasteiger partial charge on any atom is -0.496 e. The topological polar surface area (TPSA) is 57.3 Å². The van der Waals surface area contributed by atoms with Gasteiger partial charge in [0.2, 0.25) is 11.6 Å². The van der Waals surface area contributed by atoms with Crippen molar-refractivity contribution in [3.8, 4) is 28.5 Å². The first kappa shape index (κ1) is 20.1. The normalized spacial score (nSPS) is 13.1. The van der Waals surface area contributed by atoms with Crippen LogP contribution < -0.4 is 19.0 Å². The number of fused-ring (bicyclic) bond motifs is 1. The molecule has 0 N–H and O–H groups in total. The Morgan fingerprint density at radius 3 is 2.69 bits per heavy atom. The minimum atomic E-state index is 0.246. The lowest BCUT2D eigenvalue weighted by Gasteiger charge is -2.08. The highest BCUT2D eigenvalue weighted by atomic mass is 32.1. The lowest BCUT2D eigenvalue weighted by molar-refractivity contribution is 0.174. The van der Waals surface area contributed by atoms with E-state index in [2.05, 4.69) is 17.5 Å². The van der Waals surface area contributed by atoms with Crippen molar-refractivity contribution >= 4 is 17.6 Å². The van der Waals surface area contributed by atoms with Crippen LogP contribution in [0.3, 0.4) is 0 Å². The number of hydrogen-bond acceptors (Lipinski definition) is 6. The molecule has 0 saturated heterocycles. The zero-order valence-electron chi connectivity index (χ0n) is 17.5. The van der Waals surface area contributed by atoms with Gasteiger partial charge in [0.15, 0.2) is 11.5 Å². The van der Waals surface area contributed by atoms with Gasteiger partial charge >= 0.3 is 0 Å². The summed E-state index contributed by atoms with van der Waals surface area (Å²) in [6.45, 7) is 0.821. The fourth-order valence-electron chi connectivity index (χ4n) is 3.42. The summed E-state index contributed by atoms with van der Waals surface area (Å²) in [5.41, 5.74) is 3.92. The summed E-state index contributed by atoms with van der Waals surface area (Å²) >= 11 is 1.55. The van der Waals surface area contributed by atoms with Crippen molar-refractivity contribution in [3.05, 3.63) is 94.1 Å². The highest BCUT2D eigenvalue weighted by Gasteiger charge is 2.14. The number of ether oxygens (including phenoxy) is 3. The van der Waals surface area contributed by atoms with Crippen LogP contribution in [-0.2, 0) is 6.54 Å². The maximum Gasteiger partial charge on any atom is 0.231 e. The maximum absolute atomic E-state index is 5.58. The number of para-hydroxylation sites is 1. The molecule has 1 aliphatic heterocycles. The minimum absolute atomic E-state index is 0.246. The molecule has 1 aromatic heterocycles. The Morgan fingerprint density at radius 1 is 1.00 bits per heavy atom. The second-order valence-corrected chi connectivity index (χ2v) is 7.91. The van der Waals surface area contributed by atoms with Gasteiger partial charge < -0.3 is 14.2 Å². The molecule has 32 heavy (non-hydrogen) atoms. The number of hydrogen-bond donors (Lipinski definition) is 0. The Bertz CT molecular complexity index is 1330. The molecule has 0 saturated carbocycles. The third-order valence-corrected chi connectivity index (χ3v) is 5.88. The number of rotatable bonds is 6. The first-order chi connectivity index (χ1) is 15.8. The smallest absolute Gasteiger partial charge is 0.231 e. The summed E-state index contributed by atoms with van der Waals surface area (Å²) in [5, 5.41) is 6.84. The monoisotopic (exact) mass is 443 g/mol. The van der Waals surface area contributed by atoms with E-state index < -0.39 is 0 Å². The molecular weight excluding hydrogens is 422 g/mol. The molecule has 1 aliphatic rings. The number of aromatic nitrogens is 1. The summed E-state index contributed by atoms with van der Waals surface area (Å²) in [6.07, 6.45) is 1.80. The average molecular weight is 444 g/mol. The SMILES string of the molecule is COc1ccccc1-c1csc(=NCc2ccccc2)n1N=Cc1ccc2c(c1)OCO2. The molecule has 2 heterocycles. The fourth-order valence-corrected chi connectivity index (χ4v) is 4.25. The first-order valence-electron chi connectivity index (χ1n) is 10.1. The standard InChI is InChI=1S/C25H21N3O3S/c1-29-22-10-6-5-9-20(22)21-16-32-25(26-14-18-7-3-2-4-8-18)28(21)27-15-19-11-12-23-24(13-19)31-17-30-23/h2-13,15-16H,14,17H2,1H3. The molecule has 0 amide bonds. The van der Waals surface area contributed by atoms with E-state index in [9.17, 15) is 0 Å². The highest BCUT2D eigenvalue weighted by molar-refractivity contribution is 7.07. The number of methoxy groups -OCH3 is 1. The Kier molecular flexibility index (Phi) is 5.72. The van der Waals surface area contributed by atoms with Crippen LogP contribution in [0, 0.1) is 0 Å². The average Bonchev–Trinajstić information content (AvgIpc) is 3.48. The zero-order chi connectivity index (χ0) is 21.8. The molecule has 4 aromatic rings. The van der Waals surface area contributed by atoms with Crippen molar-refractivity contribution < 1.29 is 14.2 Å². The molecular formula is C25H21N3O3S. The van der Waals surface area contributed by atoms with Gasteiger partial charge in [0.1, 0.15) is 5.75 Å². The summed E-state index contributed by atoms with van der Waals surface area (Å²) in [4.78, 5) is 5.63. The number of thiazole rings is 1. The second kappa shape index (κ2) is 9.11. The molecule has 7 heteroatoms. The summed E-state index contributed by atoms with van der Waals surface area (Å²) in [7, 11) is 1.67. The van der Waals surface area contributed by atoms with E-state index in [1.54, 1.807) is 24.7 Å². The van der Waals surface area contributed by atoms with Crippen LogP contribution in [-0.4, -0.2) is 24.8 Å². The Labute approximate surface area is 189 Å². The second-order valence-electron chi connectivity index (χ2n) is 7.07. The van der Waals surface area contributed by atoms with Crippen molar-refractivity contribution in [2.75, 3.05) is 13.9 Å². The Hall–Kier alpha value is -3.84. The summed E-state index contributed by atoms with van der Waals surface area (Å²) in [6, 6.07) is 23.9. The summed E-state index contributed by atoms with van der Waals surface area (Å²) in [5.74, 6) is 2.26. The fraction of sp³-hybridized carbons (Fsp3) is 0.120. The lowest BCUT2D eigenvalue weighted by atomic mass is 10.1. The third-order valence-electron chi connectivity index (χ3n) is 5.03. The predicted octanol–water partition coefficient (Wildman–Crippen LogP) is 4.94.